The van der Waals surface area contributed by atoms with E-state index >= 15 is 0 Å². The van der Waals surface area contributed by atoms with Crippen molar-refractivity contribution in [3.05, 3.63) is 182 Å². The fraction of sp³-hybridized carbons (Fsp3) is 0.0435. The lowest BCUT2D eigenvalue weighted by Crippen LogP contribution is -2.34. The van der Waals surface area contributed by atoms with Gasteiger partial charge in [-0.3, -0.25) is 14.4 Å². The lowest BCUT2D eigenvalue weighted by Gasteiger charge is -2.29. The zero-order chi connectivity index (χ0) is 39.7. The number of nitrogens with zero attached hydrogens (tertiary/aromatic N) is 2. The van der Waals surface area contributed by atoms with Gasteiger partial charge in [-0.25, -0.2) is 4.79 Å². The summed E-state index contributed by atoms with van der Waals surface area (Å²) in [5.74, 6) is -1.71. The maximum Gasteiger partial charge on any atom is 0.371 e. The first-order chi connectivity index (χ1) is 26.6. The Morgan fingerprint density at radius 2 is 0.727 bits per heavy atom. The van der Waals surface area contributed by atoms with Gasteiger partial charge < -0.3 is 5.11 Å². The second-order valence-corrected chi connectivity index (χ2v) is 18.5. The van der Waals surface area contributed by atoms with Crippen molar-refractivity contribution in [2.45, 2.75) is 13.8 Å². The number of carbonyl (C=O) groups is 4. The van der Waals surface area contributed by atoms with Crippen LogP contribution >= 0.6 is 13.8 Å². The summed E-state index contributed by atoms with van der Waals surface area (Å²) in [4.78, 5) is 43.7. The van der Waals surface area contributed by atoms with Crippen molar-refractivity contribution < 1.29 is 24.3 Å². The van der Waals surface area contributed by atoms with Gasteiger partial charge in [0.2, 0.25) is 17.3 Å². The van der Waals surface area contributed by atoms with Gasteiger partial charge in [0.25, 0.3) is 0 Å². The van der Waals surface area contributed by atoms with E-state index in [2.05, 4.69) is 48.5 Å². The highest BCUT2D eigenvalue weighted by Crippen LogP contribution is 2.46. The van der Waals surface area contributed by atoms with Crippen LogP contribution in [0.15, 0.2) is 182 Å². The van der Waals surface area contributed by atoms with Crippen molar-refractivity contribution in [1.29, 1.82) is 10.5 Å². The third kappa shape index (κ3) is 9.49. The first kappa shape index (κ1) is 41.1. The molecule has 1 N–H and O–H groups in total. The van der Waals surface area contributed by atoms with Gasteiger partial charge >= 0.3 is 5.97 Å². The van der Waals surface area contributed by atoms with Crippen LogP contribution in [0.2, 0.25) is 0 Å². The van der Waals surface area contributed by atoms with E-state index in [4.69, 9.17) is 5.11 Å². The van der Waals surface area contributed by atoms with Crippen LogP contribution in [0.1, 0.15) is 13.8 Å². The second kappa shape index (κ2) is 20.0. The number of ketones is 3. The predicted octanol–water partition coefficient (Wildman–Crippen LogP) is 5.80. The molecule has 0 aromatic heterocycles. The summed E-state index contributed by atoms with van der Waals surface area (Å²) in [5, 5.41) is 33.4. The van der Waals surface area contributed by atoms with Gasteiger partial charge in [-0.15, -0.1) is 0 Å². The summed E-state index contributed by atoms with van der Waals surface area (Å²) in [6.07, 6.45) is 0. The Balaban J connectivity index is 0.000000216. The Kier molecular flexibility index (Phi) is 15.0. The number of carboxylic acid groups (broad SMARTS) is 1. The molecule has 55 heavy (non-hydrogen) atoms. The van der Waals surface area contributed by atoms with Crippen LogP contribution in [0.25, 0.3) is 0 Å². The summed E-state index contributed by atoms with van der Waals surface area (Å²) >= 11 is 0. The van der Waals surface area contributed by atoms with Crippen molar-refractivity contribution in [2.24, 2.45) is 0 Å². The number of hydrogen-bond donors (Lipinski definition) is 1. The number of hydrogen-bond acceptors (Lipinski definition) is 6. The standard InChI is InChI=1S/C23H18NO2P.C20H16NP.C3H4O3/c1-18(25)23(26)22(17-24)27(19-11-5-2-6-12-19,20-13-7-3-8-14-20)21-15-9-4-10-16-21;21-16-17-22(18-10-4-1-5-11-18,19-12-6-2-7-13-19)20-14-8-3-9-15-20;1-2(4)3(5)6/h2-16H,1H3;1-15,17H;1H3,(H,5,6). The third-order valence-corrected chi connectivity index (χ3v) is 16.5. The van der Waals surface area contributed by atoms with Crippen LogP contribution in [-0.2, 0) is 19.2 Å². The molecule has 0 aliphatic rings. The fourth-order valence-electron chi connectivity index (χ4n) is 5.98. The molecule has 0 amide bonds. The minimum Gasteiger partial charge on any atom is -0.476 e. The number of rotatable bonds is 9. The fourth-order valence-corrected chi connectivity index (χ4v) is 13.6. The zero-order valence-corrected chi connectivity index (χ0v) is 32.1. The number of carbonyl (C=O) groups excluding carboxylic acids is 3. The number of Topliss-reactive ketones (excluding diaryl/α,β-unsaturated/α-hetero) is 3. The minimum absolute atomic E-state index is 0.0126. The summed E-state index contributed by atoms with van der Waals surface area (Å²) in [6.45, 7) is -2.61. The Morgan fingerprint density at radius 1 is 0.473 bits per heavy atom. The lowest BCUT2D eigenvalue weighted by atomic mass is 10.2. The predicted molar refractivity (Wildman–Crippen MR) is 227 cm³/mol. The monoisotopic (exact) mass is 760 g/mol. The number of aliphatic carboxylic acids is 1. The van der Waals surface area contributed by atoms with E-state index in [0.29, 0.717) is 0 Å². The number of benzene rings is 6. The van der Waals surface area contributed by atoms with Crippen LogP contribution in [0.3, 0.4) is 0 Å². The second-order valence-electron chi connectivity index (χ2n) is 11.9. The van der Waals surface area contributed by atoms with Gasteiger partial charge in [-0.2, -0.15) is 10.5 Å². The minimum atomic E-state index is -2.79. The third-order valence-electron chi connectivity index (χ3n) is 8.45. The average Bonchev–Trinajstić information content (AvgIpc) is 3.24. The lowest BCUT2D eigenvalue weighted by molar-refractivity contribution is -0.148. The summed E-state index contributed by atoms with van der Waals surface area (Å²) in [7, 11) is 0. The molecule has 0 saturated carbocycles. The van der Waals surface area contributed by atoms with Gasteiger partial charge in [0.15, 0.2) is 0 Å². The van der Waals surface area contributed by atoms with E-state index in [1.165, 1.54) is 22.8 Å². The molecule has 0 spiro atoms. The molecule has 0 unspecified atom stereocenters. The molecule has 0 saturated heterocycles. The van der Waals surface area contributed by atoms with Gasteiger partial charge in [0.05, 0.1) is 6.07 Å². The molecule has 9 heteroatoms. The smallest absolute Gasteiger partial charge is 0.371 e. The quantitative estimate of drug-likeness (QED) is 0.145. The molecule has 0 bridgehead atoms. The van der Waals surface area contributed by atoms with Gasteiger partial charge in [0.1, 0.15) is 11.4 Å². The molecule has 0 fully saturated rings. The molecule has 0 aliphatic heterocycles. The van der Waals surface area contributed by atoms with Crippen molar-refractivity contribution in [1.82, 2.24) is 0 Å². The van der Waals surface area contributed by atoms with E-state index in [-0.39, 0.29) is 5.29 Å². The van der Waals surface area contributed by atoms with Gasteiger partial charge in [-0.1, -0.05) is 182 Å². The highest BCUT2D eigenvalue weighted by atomic mass is 31.2. The number of carboxylic acids is 1. The van der Waals surface area contributed by atoms with Crippen molar-refractivity contribution >= 4 is 80.0 Å². The zero-order valence-electron chi connectivity index (χ0n) is 30.3. The van der Waals surface area contributed by atoms with Gasteiger partial charge in [-0.05, 0) is 45.6 Å². The summed E-state index contributed by atoms with van der Waals surface area (Å²) < 4.78 is 0. The molecule has 6 rings (SSSR count). The van der Waals surface area contributed by atoms with Crippen molar-refractivity contribution in [3.8, 4) is 12.1 Å². The molecule has 7 nitrogen and oxygen atoms in total. The molecule has 0 aliphatic carbocycles. The van der Waals surface area contributed by atoms with Crippen LogP contribution in [-0.4, -0.2) is 39.5 Å². The van der Waals surface area contributed by atoms with Crippen LogP contribution in [0.4, 0.5) is 0 Å². The van der Waals surface area contributed by atoms with Crippen LogP contribution in [0, 0.1) is 22.7 Å². The van der Waals surface area contributed by atoms with E-state index < -0.39 is 37.1 Å². The van der Waals surface area contributed by atoms with E-state index in [0.717, 1.165) is 22.8 Å². The van der Waals surface area contributed by atoms with Crippen molar-refractivity contribution in [2.75, 3.05) is 0 Å². The number of nitriles is 2. The normalized spacial score (nSPS) is 10.3. The first-order valence-corrected chi connectivity index (χ1v) is 20.7. The maximum absolute atomic E-state index is 12.9. The summed E-state index contributed by atoms with van der Waals surface area (Å²) in [6, 6.07) is 64.1. The Morgan fingerprint density at radius 3 is 0.927 bits per heavy atom. The molecular weight excluding hydrogens is 722 g/mol. The molecule has 272 valence electrons. The Labute approximate surface area is 321 Å². The van der Waals surface area contributed by atoms with E-state index in [9.17, 15) is 29.7 Å². The molecule has 0 atom stereocenters. The van der Waals surface area contributed by atoms with Crippen LogP contribution < -0.4 is 31.8 Å². The largest absolute Gasteiger partial charge is 0.476 e. The van der Waals surface area contributed by atoms with Crippen molar-refractivity contribution in [3.63, 3.8) is 0 Å². The summed E-state index contributed by atoms with van der Waals surface area (Å²) in [5.41, 5.74) is 0. The molecule has 0 heterocycles. The SMILES string of the molecule is CC(=O)C(=O)C(C#N)=P(c1ccccc1)(c1ccccc1)c1ccccc1.CC(=O)C(=O)O.N#CC=P(c1ccccc1)(c1ccccc1)c1ccccc1. The first-order valence-electron chi connectivity index (χ1n) is 17.1. The highest BCUT2D eigenvalue weighted by Gasteiger charge is 2.34. The van der Waals surface area contributed by atoms with Gasteiger partial charge in [0, 0.05) is 19.6 Å². The molecular formula is C46H38N2O5P2. The molecule has 6 aromatic carbocycles. The van der Waals surface area contributed by atoms with Crippen LogP contribution in [0.5, 0.6) is 0 Å². The van der Waals surface area contributed by atoms with E-state index in [1.54, 1.807) is 0 Å². The molecule has 6 aromatic rings. The highest BCUT2D eigenvalue weighted by molar-refractivity contribution is 7.97. The van der Waals surface area contributed by atoms with E-state index in [1.807, 2.05) is 151 Å². The Bertz CT molecular complexity index is 2220. The maximum atomic E-state index is 12.9. The molecule has 0 radical (unpaired) electrons. The topological polar surface area (TPSA) is 136 Å². The average molecular weight is 761 g/mol. The Hall–Kier alpha value is -6.62.